The van der Waals surface area contributed by atoms with Gasteiger partial charge in [-0.15, -0.1) is 0 Å². The molecule has 2 heterocycles. The van der Waals surface area contributed by atoms with Crippen LogP contribution in [0.1, 0.15) is 136 Å². The molecule has 574 valence electrons. The number of nitrogens with one attached hydrogen (secondary N) is 11. The summed E-state index contributed by atoms with van der Waals surface area (Å²) in [7, 11) is 0. The molecule has 11 atom stereocenters. The maximum absolute atomic E-state index is 15.1. The first-order chi connectivity index (χ1) is 49.5. The molecule has 0 aliphatic rings. The Kier molecular flexibility index (Phi) is 36.9. The van der Waals surface area contributed by atoms with Crippen molar-refractivity contribution in [3.8, 4) is 0 Å². The largest absolute Gasteiger partial charge is 0.370 e. The number of aromatic nitrogens is 2. The van der Waals surface area contributed by atoms with Crippen LogP contribution in [0.5, 0.6) is 0 Å². The van der Waals surface area contributed by atoms with Crippen LogP contribution in [0.2, 0.25) is 0 Å². The van der Waals surface area contributed by atoms with Gasteiger partial charge in [0.05, 0.1) is 12.1 Å². The maximum Gasteiger partial charge on any atom is 0.243 e. The Bertz CT molecular complexity index is 3570. The minimum absolute atomic E-state index is 0.0155. The van der Waals surface area contributed by atoms with Gasteiger partial charge in [-0.1, -0.05) is 84.4 Å². The smallest absolute Gasteiger partial charge is 0.243 e. The van der Waals surface area contributed by atoms with E-state index in [0.717, 1.165) is 21.8 Å². The van der Waals surface area contributed by atoms with E-state index in [-0.39, 0.29) is 127 Å². The Morgan fingerprint density at radius 1 is 0.433 bits per heavy atom. The minimum Gasteiger partial charge on any atom is -0.370 e. The highest BCUT2D eigenvalue weighted by atomic mass is 16.2. The lowest BCUT2D eigenvalue weighted by Crippen LogP contribution is -2.62. The minimum atomic E-state index is -1.42. The highest BCUT2D eigenvalue weighted by Gasteiger charge is 2.38. The van der Waals surface area contributed by atoms with Crippen molar-refractivity contribution >= 4 is 105 Å². The second-order valence-corrected chi connectivity index (χ2v) is 26.7. The van der Waals surface area contributed by atoms with E-state index in [1.165, 1.54) is 0 Å². The number of unbranched alkanes of at least 4 members (excludes halogenated alkanes) is 1. The normalized spacial score (nSPS) is 14.4. The zero-order chi connectivity index (χ0) is 77.0. The zero-order valence-electron chi connectivity index (χ0n) is 60.6. The summed E-state index contributed by atoms with van der Waals surface area (Å²) in [5.74, 6) is -8.91. The molecule has 0 saturated carbocycles. The van der Waals surface area contributed by atoms with Crippen LogP contribution >= 0.6 is 0 Å². The fraction of sp³-hybridized carbons (Fsp3) is 0.565. The van der Waals surface area contributed by atoms with Crippen LogP contribution in [0.4, 0.5) is 0 Å². The number of aliphatic imine (C=N–C) groups is 4. The fourth-order valence-corrected chi connectivity index (χ4v) is 11.5. The highest BCUT2D eigenvalue weighted by Crippen LogP contribution is 2.23. The first kappa shape index (κ1) is 85.8. The molecule has 31 N–H and O–H groups in total. The molecule has 2 aromatic carbocycles. The molecule has 104 heavy (non-hydrogen) atoms. The van der Waals surface area contributed by atoms with Gasteiger partial charge in [-0.2, -0.15) is 0 Å². The van der Waals surface area contributed by atoms with E-state index < -0.39 is 125 Å². The lowest BCUT2D eigenvalue weighted by atomic mass is 9.96. The third-order valence-corrected chi connectivity index (χ3v) is 17.3. The first-order valence-electron chi connectivity index (χ1n) is 35.4. The summed E-state index contributed by atoms with van der Waals surface area (Å²) in [5.41, 5.74) is 59.1. The zero-order valence-corrected chi connectivity index (χ0v) is 60.6. The molecule has 0 saturated heterocycles. The first-order valence-corrected chi connectivity index (χ1v) is 35.4. The molecule has 0 spiro atoms. The van der Waals surface area contributed by atoms with Gasteiger partial charge < -0.3 is 120 Å². The van der Waals surface area contributed by atoms with E-state index in [0.29, 0.717) is 49.5 Å². The molecule has 0 unspecified atom stereocenters. The van der Waals surface area contributed by atoms with Gasteiger partial charge in [0.2, 0.25) is 53.2 Å². The third-order valence-electron chi connectivity index (χ3n) is 17.3. The number of fused-ring (bicyclic) bond motifs is 2. The van der Waals surface area contributed by atoms with Crippen LogP contribution in [-0.2, 0) is 60.8 Å². The van der Waals surface area contributed by atoms with Crippen molar-refractivity contribution in [2.24, 2.45) is 95.1 Å². The Balaban J connectivity index is 1.70. The Morgan fingerprint density at radius 3 is 1.25 bits per heavy atom. The molecule has 0 fully saturated rings. The van der Waals surface area contributed by atoms with Crippen molar-refractivity contribution < 1.29 is 47.9 Å². The van der Waals surface area contributed by atoms with Crippen molar-refractivity contribution in [2.75, 3.05) is 32.7 Å². The summed E-state index contributed by atoms with van der Waals surface area (Å²) in [6.45, 7) is 11.3. The van der Waals surface area contributed by atoms with Gasteiger partial charge in [-0.25, -0.2) is 0 Å². The lowest BCUT2D eigenvalue weighted by Gasteiger charge is -2.30. The van der Waals surface area contributed by atoms with Crippen LogP contribution in [0.25, 0.3) is 21.8 Å². The number of carbonyl (C=O) groups excluding carboxylic acids is 10. The molecule has 0 radical (unpaired) electrons. The van der Waals surface area contributed by atoms with Crippen molar-refractivity contribution in [1.82, 2.24) is 57.8 Å². The molecule has 2 aromatic heterocycles. The molecule has 0 bridgehead atoms. The highest BCUT2D eigenvalue weighted by molar-refractivity contribution is 5.99. The standard InChI is InChI=1S/C69H113N25O10/c1-7-40(6)56(65(104)92-53(33-41-35-84-47-22-10-8-19-44(41)47)62(101)88-50(25-16-30-82-68(76)77)58(97)86-43(37-95)18-14-28-80-66(72)73)94-60(99)51(26-17-31-83-69(78)79)89-64(103)55(39(4)5)93-63(102)54(34-42-36-85-48-23-11-9-20-45(42)48)91-59(98)49(24-12-13-27-70)87-61(100)52(32-38(2)3)90-57(96)46(71)21-15-29-81-67(74)75/h8-11,19-20,22-23,35-40,43,46,49-56,84-85H,7,12-18,21,24-34,70-71H2,1-6H3,(H,86,97)(H,87,100)(H,88,101)(H,89,103)(H,90,96)(H,91,98)(H,92,104)(H,93,102)(H,94,99)(H4,72,73,80)(H4,74,75,81)(H4,76,77,82)(H4,78,79,83)/t40-,43-,46-,49-,50-,51-,52-,53-,54-,55-,56-/m0/s1. The van der Waals surface area contributed by atoms with Crippen LogP contribution in [-0.4, -0.2) is 186 Å². The van der Waals surface area contributed by atoms with Crippen LogP contribution in [0, 0.1) is 17.8 Å². The topological polar surface area (TPSA) is 620 Å². The number of hydrogen-bond donors (Lipinski definition) is 21. The number of rotatable bonds is 48. The SMILES string of the molecule is CC[C@H](C)[C@H](NC(=O)[C@H](CCCN=C(N)N)NC(=O)[C@@H](NC(=O)[C@H](Cc1c[nH]c2ccccc12)NC(=O)[C@H](CCCCN)NC(=O)[C@H](CC(C)C)NC(=O)[C@@H](N)CCCN=C(N)N)C(C)C)C(=O)N[C@@H](Cc1c[nH]c2ccccc12)C(=O)N[C@@H](CCCN=C(N)N)C(=O)N[C@H](C=O)CCCN=C(N)N. The number of benzene rings is 2. The quantitative estimate of drug-likeness (QED) is 0.00934. The Morgan fingerprint density at radius 2 is 0.798 bits per heavy atom. The second kappa shape index (κ2) is 44.7. The Hall–Kier alpha value is -10.6. The predicted octanol–water partition coefficient (Wildman–Crippen LogP) is -2.58. The van der Waals surface area contributed by atoms with Crippen LogP contribution in [0.3, 0.4) is 0 Å². The van der Waals surface area contributed by atoms with Gasteiger partial charge >= 0.3 is 0 Å². The molecule has 4 rings (SSSR count). The van der Waals surface area contributed by atoms with E-state index in [9.17, 15) is 38.4 Å². The lowest BCUT2D eigenvalue weighted by molar-refractivity contribution is -0.137. The average Bonchev–Trinajstić information content (AvgIpc) is 1.61. The number of aldehydes is 1. The number of carbonyl (C=O) groups is 10. The van der Waals surface area contributed by atoms with Gasteiger partial charge in [0, 0.05) is 73.2 Å². The monoisotopic (exact) mass is 1450 g/mol. The number of hydrogen-bond acceptors (Lipinski definition) is 16. The summed E-state index contributed by atoms with van der Waals surface area (Å²) in [5, 5.41) is 26.7. The summed E-state index contributed by atoms with van der Waals surface area (Å²) in [4.78, 5) is 166. The molecule has 4 aromatic rings. The molecule has 9 amide bonds. The van der Waals surface area contributed by atoms with Gasteiger partial charge in [-0.3, -0.25) is 63.1 Å². The summed E-state index contributed by atoms with van der Waals surface area (Å²) in [6, 6.07) is 1.91. The number of H-pyrrole nitrogens is 2. The van der Waals surface area contributed by atoms with Gasteiger partial charge in [0.1, 0.15) is 54.6 Å². The number of nitrogens with zero attached hydrogens (tertiary/aromatic N) is 4. The van der Waals surface area contributed by atoms with E-state index in [1.807, 2.05) is 56.3 Å². The number of nitrogens with two attached hydrogens (primary N) is 10. The van der Waals surface area contributed by atoms with Gasteiger partial charge in [0.15, 0.2) is 23.8 Å². The summed E-state index contributed by atoms with van der Waals surface area (Å²) in [6.07, 6.45) is 6.37. The van der Waals surface area contributed by atoms with Gasteiger partial charge in [-0.05, 0) is 125 Å². The predicted molar refractivity (Wildman–Crippen MR) is 402 cm³/mol. The van der Waals surface area contributed by atoms with Crippen molar-refractivity contribution in [1.29, 1.82) is 0 Å². The second-order valence-electron chi connectivity index (χ2n) is 26.7. The van der Waals surface area contributed by atoms with Crippen molar-refractivity contribution in [3.05, 3.63) is 72.1 Å². The number of aromatic amines is 2. The molecular weight excluding hydrogens is 1340 g/mol. The average molecular weight is 1450 g/mol. The fourth-order valence-electron chi connectivity index (χ4n) is 11.5. The third kappa shape index (κ3) is 29.8. The number of guanidine groups is 4. The van der Waals surface area contributed by atoms with Gasteiger partial charge in [0.25, 0.3) is 0 Å². The molecule has 35 heteroatoms. The molecule has 35 nitrogen and oxygen atoms in total. The van der Waals surface area contributed by atoms with E-state index in [1.54, 1.807) is 46.2 Å². The van der Waals surface area contributed by atoms with Crippen LogP contribution < -0.4 is 105 Å². The van der Waals surface area contributed by atoms with Crippen LogP contribution in [0.15, 0.2) is 80.9 Å². The maximum atomic E-state index is 15.1. The number of amides is 9. The molecule has 0 aliphatic heterocycles. The summed E-state index contributed by atoms with van der Waals surface area (Å²) >= 11 is 0. The molecule has 0 aliphatic carbocycles. The van der Waals surface area contributed by atoms with Crippen molar-refractivity contribution in [3.63, 3.8) is 0 Å². The van der Waals surface area contributed by atoms with E-state index in [4.69, 9.17) is 57.3 Å². The number of para-hydroxylation sites is 2. The van der Waals surface area contributed by atoms with E-state index in [2.05, 4.69) is 77.8 Å². The van der Waals surface area contributed by atoms with Crippen molar-refractivity contribution in [2.45, 2.75) is 198 Å². The van der Waals surface area contributed by atoms with E-state index >= 15 is 9.59 Å². The Labute approximate surface area is 606 Å². The summed E-state index contributed by atoms with van der Waals surface area (Å²) < 4.78 is 0. The molecular formula is C69H113N25O10.